The van der Waals surface area contributed by atoms with Gasteiger partial charge in [-0.1, -0.05) is 6.07 Å². The van der Waals surface area contributed by atoms with Crippen molar-refractivity contribution in [2.24, 2.45) is 16.5 Å². The molecule has 5 nitrogen and oxygen atoms in total. The second-order valence-corrected chi connectivity index (χ2v) is 3.12. The first-order chi connectivity index (χ1) is 8.21. The van der Waals surface area contributed by atoms with Crippen LogP contribution < -0.4 is 16.2 Å². The molecule has 0 aliphatic heterocycles. The highest BCUT2D eigenvalue weighted by molar-refractivity contribution is 6.01. The Morgan fingerprint density at radius 1 is 1.59 bits per heavy atom. The summed E-state index contributed by atoms with van der Waals surface area (Å²) in [6, 6.07) is 8.99. The number of nitrogens with two attached hydrogens (primary N) is 2. The highest BCUT2D eigenvalue weighted by atomic mass is 16.5. The Morgan fingerprint density at radius 2 is 2.35 bits per heavy atom. The molecule has 0 aliphatic carbocycles. The first kappa shape index (κ1) is 12.6. The zero-order valence-electron chi connectivity index (χ0n) is 9.55. The lowest BCUT2D eigenvalue weighted by Gasteiger charge is -2.03. The molecule has 0 bridgehead atoms. The summed E-state index contributed by atoms with van der Waals surface area (Å²) in [4.78, 5) is 4.09. The third kappa shape index (κ3) is 3.54. The normalized spacial score (nSPS) is 12.0. The lowest BCUT2D eigenvalue weighted by molar-refractivity contribution is 0.340. The number of aliphatic imine (C=N–C) groups is 1. The molecule has 0 amide bonds. The van der Waals surface area contributed by atoms with E-state index >= 15 is 0 Å². The van der Waals surface area contributed by atoms with Crippen LogP contribution in [0.5, 0.6) is 5.75 Å². The third-order valence-electron chi connectivity index (χ3n) is 1.94. The molecule has 0 fully saturated rings. The average Bonchev–Trinajstić information content (AvgIpc) is 2.31. The van der Waals surface area contributed by atoms with Crippen molar-refractivity contribution in [3.05, 3.63) is 36.0 Å². The Balaban J connectivity index is 2.98. The van der Waals surface area contributed by atoms with Crippen LogP contribution in [0.15, 0.2) is 41.0 Å². The Bertz CT molecular complexity index is 486. The Morgan fingerprint density at radius 3 is 2.94 bits per heavy atom. The van der Waals surface area contributed by atoms with Crippen molar-refractivity contribution in [2.75, 3.05) is 6.61 Å². The van der Waals surface area contributed by atoms with Gasteiger partial charge in [0.2, 0.25) is 0 Å². The van der Waals surface area contributed by atoms with E-state index < -0.39 is 0 Å². The first-order valence-corrected chi connectivity index (χ1v) is 5.10. The van der Waals surface area contributed by atoms with Gasteiger partial charge in [-0.05, 0) is 19.1 Å². The van der Waals surface area contributed by atoms with E-state index in [2.05, 4.69) is 4.99 Å². The van der Waals surface area contributed by atoms with Crippen LogP contribution in [0.4, 0.5) is 5.69 Å². The number of rotatable bonds is 4. The van der Waals surface area contributed by atoms with Gasteiger partial charge in [0.1, 0.15) is 23.2 Å². The second-order valence-electron chi connectivity index (χ2n) is 3.12. The average molecular weight is 230 g/mol. The summed E-state index contributed by atoms with van der Waals surface area (Å²) in [7, 11) is 0. The Hall–Kier alpha value is -2.48. The van der Waals surface area contributed by atoms with Gasteiger partial charge in [-0.15, -0.1) is 0 Å². The van der Waals surface area contributed by atoms with Gasteiger partial charge in [-0.3, -0.25) is 0 Å². The highest BCUT2D eigenvalue weighted by Gasteiger charge is 2.01. The van der Waals surface area contributed by atoms with Crippen molar-refractivity contribution in [1.29, 1.82) is 5.26 Å². The maximum Gasteiger partial charge on any atom is 0.143 e. The number of hydrogen-bond acceptors (Lipinski definition) is 4. The molecular formula is C12H14N4O. The van der Waals surface area contributed by atoms with Crippen molar-refractivity contribution in [2.45, 2.75) is 6.92 Å². The molecule has 88 valence electrons. The summed E-state index contributed by atoms with van der Waals surface area (Å²) >= 11 is 0. The van der Waals surface area contributed by atoms with E-state index in [9.17, 15) is 0 Å². The van der Waals surface area contributed by atoms with E-state index in [4.69, 9.17) is 21.5 Å². The van der Waals surface area contributed by atoms with Gasteiger partial charge in [0, 0.05) is 12.3 Å². The van der Waals surface area contributed by atoms with Crippen LogP contribution in [-0.4, -0.2) is 12.4 Å². The van der Waals surface area contributed by atoms with E-state index in [0.717, 1.165) is 6.20 Å². The first-order valence-electron chi connectivity index (χ1n) is 5.10. The van der Waals surface area contributed by atoms with Crippen LogP contribution in [0.2, 0.25) is 0 Å². The van der Waals surface area contributed by atoms with Gasteiger partial charge >= 0.3 is 0 Å². The Labute approximate surface area is 100 Å². The molecule has 0 spiro atoms. The minimum absolute atomic E-state index is 0.0867. The maximum absolute atomic E-state index is 8.73. The van der Waals surface area contributed by atoms with Crippen LogP contribution in [-0.2, 0) is 0 Å². The fourth-order valence-corrected chi connectivity index (χ4v) is 1.19. The van der Waals surface area contributed by atoms with Crippen LogP contribution in [0, 0.1) is 11.3 Å². The molecule has 1 aromatic carbocycles. The molecule has 0 atom stereocenters. The number of benzene rings is 1. The van der Waals surface area contributed by atoms with Gasteiger partial charge in [0.05, 0.1) is 12.3 Å². The quantitative estimate of drug-likeness (QED) is 0.464. The summed E-state index contributed by atoms with van der Waals surface area (Å²) in [6.07, 6.45) is 1.13. The molecule has 1 aromatic rings. The number of nitriles is 1. The summed E-state index contributed by atoms with van der Waals surface area (Å²) in [5, 5.41) is 8.73. The minimum atomic E-state index is 0.0867. The molecule has 0 saturated carbocycles. The molecule has 0 aliphatic rings. The second kappa shape index (κ2) is 6.18. The van der Waals surface area contributed by atoms with Crippen molar-refractivity contribution < 1.29 is 4.74 Å². The third-order valence-corrected chi connectivity index (χ3v) is 1.94. The fourth-order valence-electron chi connectivity index (χ4n) is 1.19. The number of hydrogen-bond donors (Lipinski definition) is 2. The van der Waals surface area contributed by atoms with E-state index in [1.54, 1.807) is 18.2 Å². The van der Waals surface area contributed by atoms with Crippen molar-refractivity contribution in [3.63, 3.8) is 0 Å². The van der Waals surface area contributed by atoms with Gasteiger partial charge in [-0.2, -0.15) is 5.26 Å². The van der Waals surface area contributed by atoms with Crippen LogP contribution >= 0.6 is 0 Å². The zero-order valence-corrected chi connectivity index (χ0v) is 9.55. The largest absolute Gasteiger partial charge is 0.494 e. The smallest absolute Gasteiger partial charge is 0.143 e. The lowest BCUT2D eigenvalue weighted by Crippen LogP contribution is -2.14. The molecule has 0 heterocycles. The van der Waals surface area contributed by atoms with E-state index in [-0.39, 0.29) is 11.4 Å². The minimum Gasteiger partial charge on any atom is -0.494 e. The monoisotopic (exact) mass is 230 g/mol. The van der Waals surface area contributed by atoms with E-state index in [0.29, 0.717) is 18.0 Å². The summed E-state index contributed by atoms with van der Waals surface area (Å²) in [5.41, 5.74) is 11.6. The predicted molar refractivity (Wildman–Crippen MR) is 66.8 cm³/mol. The van der Waals surface area contributed by atoms with Crippen LogP contribution in [0.3, 0.4) is 0 Å². The molecule has 4 N–H and O–H groups in total. The molecule has 17 heavy (non-hydrogen) atoms. The molecule has 0 unspecified atom stereocenters. The standard InChI is InChI=1S/C12H14N4O/c1-2-17-11-5-3-4-10(6-11)16-12(15)9(7-13)8-14/h3-7H,2,13H2,1H3,(H2,15,16). The number of nitrogens with zero attached hydrogens (tertiary/aromatic N) is 2. The molecular weight excluding hydrogens is 216 g/mol. The Kier molecular flexibility index (Phi) is 4.58. The fraction of sp³-hybridized carbons (Fsp3) is 0.167. The molecule has 0 saturated heterocycles. The predicted octanol–water partition coefficient (Wildman–Crippen LogP) is 1.44. The summed E-state index contributed by atoms with van der Waals surface area (Å²) < 4.78 is 5.33. The van der Waals surface area contributed by atoms with Crippen molar-refractivity contribution >= 4 is 11.5 Å². The van der Waals surface area contributed by atoms with E-state index in [1.807, 2.05) is 19.1 Å². The summed E-state index contributed by atoms with van der Waals surface area (Å²) in [6.45, 7) is 2.48. The zero-order chi connectivity index (χ0) is 12.7. The van der Waals surface area contributed by atoms with Crippen molar-refractivity contribution in [1.82, 2.24) is 0 Å². The van der Waals surface area contributed by atoms with Gasteiger partial charge in [0.15, 0.2) is 0 Å². The van der Waals surface area contributed by atoms with Gasteiger partial charge in [0.25, 0.3) is 0 Å². The molecule has 5 heteroatoms. The highest BCUT2D eigenvalue weighted by Crippen LogP contribution is 2.20. The van der Waals surface area contributed by atoms with E-state index in [1.165, 1.54) is 0 Å². The van der Waals surface area contributed by atoms with Gasteiger partial charge < -0.3 is 16.2 Å². The van der Waals surface area contributed by atoms with Gasteiger partial charge in [-0.25, -0.2) is 4.99 Å². The van der Waals surface area contributed by atoms with Crippen LogP contribution in [0.25, 0.3) is 0 Å². The van der Waals surface area contributed by atoms with Crippen molar-refractivity contribution in [3.8, 4) is 11.8 Å². The lowest BCUT2D eigenvalue weighted by atomic mass is 10.2. The SMILES string of the molecule is CCOc1cccc(N=C(N)C(C#N)=CN)c1. The topological polar surface area (TPSA) is 97.4 Å². The number of amidine groups is 1. The number of ether oxygens (including phenoxy) is 1. The molecule has 0 radical (unpaired) electrons. The maximum atomic E-state index is 8.73. The molecule has 0 aromatic heterocycles. The molecule has 1 rings (SSSR count). The summed E-state index contributed by atoms with van der Waals surface area (Å²) in [5.74, 6) is 0.792. The van der Waals surface area contributed by atoms with Crippen LogP contribution in [0.1, 0.15) is 6.92 Å².